The number of aromatic nitrogens is 2. The number of anilines is 1. The lowest BCUT2D eigenvalue weighted by atomic mass is 10.1. The Morgan fingerprint density at radius 3 is 2.77 bits per heavy atom. The van der Waals surface area contributed by atoms with E-state index in [1.54, 1.807) is 6.92 Å². The van der Waals surface area contributed by atoms with Crippen LogP contribution in [0.3, 0.4) is 0 Å². The topological polar surface area (TPSA) is 130 Å². The number of hydrogen-bond acceptors (Lipinski definition) is 10. The van der Waals surface area contributed by atoms with Gasteiger partial charge in [-0.25, -0.2) is 13.2 Å². The molecule has 0 radical (unpaired) electrons. The van der Waals surface area contributed by atoms with Gasteiger partial charge in [0.05, 0.1) is 38.6 Å². The fourth-order valence-corrected chi connectivity index (χ4v) is 5.92. The summed E-state index contributed by atoms with van der Waals surface area (Å²) in [5.41, 5.74) is 1.53. The first-order valence-corrected chi connectivity index (χ1v) is 11.5. The van der Waals surface area contributed by atoms with Crippen molar-refractivity contribution in [2.45, 2.75) is 24.8 Å². The summed E-state index contributed by atoms with van der Waals surface area (Å²) >= 11 is 1.24. The summed E-state index contributed by atoms with van der Waals surface area (Å²) in [5.74, 6) is 0.0815. The van der Waals surface area contributed by atoms with Crippen LogP contribution in [0.25, 0.3) is 11.5 Å². The monoisotopic (exact) mass is 465 g/mol. The minimum absolute atomic E-state index is 0.0790. The van der Waals surface area contributed by atoms with Crippen molar-refractivity contribution in [3.8, 4) is 17.2 Å². The van der Waals surface area contributed by atoms with Crippen molar-refractivity contribution in [2.24, 2.45) is 0 Å². The van der Waals surface area contributed by atoms with Gasteiger partial charge in [-0.1, -0.05) is 5.16 Å². The van der Waals surface area contributed by atoms with Crippen molar-refractivity contribution in [3.05, 3.63) is 40.0 Å². The molecule has 3 aromatic rings. The summed E-state index contributed by atoms with van der Waals surface area (Å²) in [5, 5.41) is 4.15. The first-order valence-electron chi connectivity index (χ1n) is 9.16. The maximum absolute atomic E-state index is 13.3. The molecule has 0 amide bonds. The van der Waals surface area contributed by atoms with Gasteiger partial charge in [0.25, 0.3) is 15.9 Å². The molecule has 1 N–H and O–H groups in total. The number of carbonyl (C=O) groups is 1. The van der Waals surface area contributed by atoms with E-state index in [-0.39, 0.29) is 22.1 Å². The second kappa shape index (κ2) is 8.29. The maximum atomic E-state index is 13.3. The highest BCUT2D eigenvalue weighted by Crippen LogP contribution is 2.43. The van der Waals surface area contributed by atoms with Crippen LogP contribution >= 0.6 is 11.3 Å². The Balaban J connectivity index is 1.81. The zero-order valence-corrected chi connectivity index (χ0v) is 18.6. The van der Waals surface area contributed by atoms with Crippen LogP contribution in [0.15, 0.2) is 27.6 Å². The number of fused-ring (bicyclic) bond motifs is 1. The summed E-state index contributed by atoms with van der Waals surface area (Å²) < 4.78 is 50.0. The predicted octanol–water partition coefficient (Wildman–Crippen LogP) is 2.78. The number of rotatable bonds is 6. The third-order valence-corrected chi connectivity index (χ3v) is 7.28. The average molecular weight is 466 g/mol. The highest BCUT2D eigenvalue weighted by molar-refractivity contribution is 7.93. The van der Waals surface area contributed by atoms with Gasteiger partial charge in [-0.2, -0.15) is 4.98 Å². The lowest BCUT2D eigenvalue weighted by Crippen LogP contribution is -2.15. The van der Waals surface area contributed by atoms with Crippen molar-refractivity contribution < 1.29 is 31.9 Å². The standard InChI is InChI=1S/C19H19N3O7S2/c1-10-20-17(29-21-10)16-12-6-7-28-9-14(12)30-18(16)22-31(24,25)15-8-11(19(23)27-3)4-5-13(15)26-2/h4-5,8,22H,6-7,9H2,1-3H3. The van der Waals surface area contributed by atoms with E-state index in [9.17, 15) is 13.2 Å². The van der Waals surface area contributed by atoms with Gasteiger partial charge in [-0.15, -0.1) is 11.3 Å². The quantitative estimate of drug-likeness (QED) is 0.546. The highest BCUT2D eigenvalue weighted by atomic mass is 32.2. The number of esters is 1. The maximum Gasteiger partial charge on any atom is 0.337 e. The number of aryl methyl sites for hydroxylation is 1. The minimum atomic E-state index is -4.15. The molecule has 0 spiro atoms. The van der Waals surface area contributed by atoms with E-state index in [0.29, 0.717) is 36.0 Å². The molecule has 31 heavy (non-hydrogen) atoms. The normalized spacial score (nSPS) is 13.5. The number of nitrogens with zero attached hydrogens (tertiary/aromatic N) is 2. The molecule has 0 saturated heterocycles. The first-order chi connectivity index (χ1) is 14.8. The molecule has 3 heterocycles. The highest BCUT2D eigenvalue weighted by Gasteiger charge is 2.30. The molecule has 4 rings (SSSR count). The van der Waals surface area contributed by atoms with Crippen molar-refractivity contribution in [1.82, 2.24) is 10.1 Å². The Morgan fingerprint density at radius 2 is 2.10 bits per heavy atom. The predicted molar refractivity (Wildman–Crippen MR) is 111 cm³/mol. The molecule has 0 saturated carbocycles. The van der Waals surface area contributed by atoms with Gasteiger partial charge < -0.3 is 18.7 Å². The van der Waals surface area contributed by atoms with Crippen LogP contribution in [-0.2, 0) is 32.5 Å². The molecule has 0 bridgehead atoms. The molecule has 164 valence electrons. The van der Waals surface area contributed by atoms with Crippen molar-refractivity contribution >= 4 is 32.3 Å². The third-order valence-electron chi connectivity index (χ3n) is 4.66. The van der Waals surface area contributed by atoms with Crippen molar-refractivity contribution in [1.29, 1.82) is 0 Å². The number of carbonyl (C=O) groups excluding carboxylic acids is 1. The average Bonchev–Trinajstić information content (AvgIpc) is 3.34. The van der Waals surface area contributed by atoms with E-state index in [2.05, 4.69) is 14.9 Å². The Kier molecular flexibility index (Phi) is 5.69. The fourth-order valence-electron chi connectivity index (χ4n) is 3.24. The minimum Gasteiger partial charge on any atom is -0.495 e. The van der Waals surface area contributed by atoms with Gasteiger partial charge in [0.2, 0.25) is 0 Å². The number of sulfonamides is 1. The molecular weight excluding hydrogens is 446 g/mol. The van der Waals surface area contributed by atoms with E-state index in [4.69, 9.17) is 18.7 Å². The van der Waals surface area contributed by atoms with Gasteiger partial charge in [0, 0.05) is 4.88 Å². The van der Waals surface area contributed by atoms with Crippen molar-refractivity contribution in [3.63, 3.8) is 0 Å². The molecule has 0 aliphatic carbocycles. The first kappa shape index (κ1) is 21.3. The second-order valence-electron chi connectivity index (χ2n) is 6.62. The van der Waals surface area contributed by atoms with E-state index < -0.39 is 16.0 Å². The summed E-state index contributed by atoms with van der Waals surface area (Å²) in [6.07, 6.45) is 0.589. The molecule has 0 fully saturated rings. The van der Waals surface area contributed by atoms with Gasteiger partial charge in [-0.05, 0) is 37.1 Å². The van der Waals surface area contributed by atoms with E-state index in [0.717, 1.165) is 10.4 Å². The van der Waals surface area contributed by atoms with Gasteiger partial charge >= 0.3 is 5.97 Å². The smallest absolute Gasteiger partial charge is 0.337 e. The number of nitrogens with one attached hydrogen (secondary N) is 1. The van der Waals surface area contributed by atoms with Crippen LogP contribution < -0.4 is 9.46 Å². The summed E-state index contributed by atoms with van der Waals surface area (Å²) in [7, 11) is -1.58. The molecule has 1 aliphatic rings. The second-order valence-corrected chi connectivity index (χ2v) is 9.38. The largest absolute Gasteiger partial charge is 0.495 e. The van der Waals surface area contributed by atoms with Crippen LogP contribution in [0.2, 0.25) is 0 Å². The number of benzene rings is 1. The van der Waals surface area contributed by atoms with Crippen LogP contribution in [0.5, 0.6) is 5.75 Å². The Bertz CT molecular complexity index is 1250. The Hall–Kier alpha value is -2.96. The summed E-state index contributed by atoms with van der Waals surface area (Å²) in [6, 6.07) is 4.04. The fraction of sp³-hybridized carbons (Fsp3) is 0.316. The van der Waals surface area contributed by atoms with Gasteiger partial charge in [-0.3, -0.25) is 4.72 Å². The molecule has 0 unspecified atom stereocenters. The third kappa shape index (κ3) is 4.01. The summed E-state index contributed by atoms with van der Waals surface area (Å²) in [4.78, 5) is 16.9. The lowest BCUT2D eigenvalue weighted by Gasteiger charge is -2.13. The van der Waals surface area contributed by atoms with E-state index in [1.807, 2.05) is 0 Å². The molecule has 10 nitrogen and oxygen atoms in total. The van der Waals surface area contributed by atoms with E-state index in [1.165, 1.54) is 43.8 Å². The Labute approximate surface area is 182 Å². The van der Waals surface area contributed by atoms with Gasteiger partial charge in [0.1, 0.15) is 15.6 Å². The van der Waals surface area contributed by atoms with Crippen LogP contribution in [0.4, 0.5) is 5.00 Å². The zero-order chi connectivity index (χ0) is 22.2. The molecule has 1 aromatic carbocycles. The number of ether oxygens (including phenoxy) is 3. The van der Waals surface area contributed by atoms with Gasteiger partial charge in [0.15, 0.2) is 5.82 Å². The summed E-state index contributed by atoms with van der Waals surface area (Å²) in [6.45, 7) is 2.55. The zero-order valence-electron chi connectivity index (χ0n) is 16.9. The number of hydrogen-bond donors (Lipinski definition) is 1. The van der Waals surface area contributed by atoms with Crippen LogP contribution in [-0.4, -0.2) is 45.4 Å². The number of methoxy groups -OCH3 is 2. The Morgan fingerprint density at radius 1 is 1.29 bits per heavy atom. The van der Waals surface area contributed by atoms with Crippen molar-refractivity contribution in [2.75, 3.05) is 25.5 Å². The van der Waals surface area contributed by atoms with Crippen LogP contribution in [0.1, 0.15) is 26.6 Å². The number of thiophene rings is 1. The lowest BCUT2D eigenvalue weighted by molar-refractivity contribution is 0.0600. The molecule has 12 heteroatoms. The SMILES string of the molecule is COC(=O)c1ccc(OC)c(S(=O)(=O)Nc2sc3c(c2-c2nc(C)no2)CCOC3)c1. The molecule has 0 atom stereocenters. The molecular formula is C19H19N3O7S2. The molecule has 1 aliphatic heterocycles. The molecule has 2 aromatic heterocycles. The van der Waals surface area contributed by atoms with E-state index >= 15 is 0 Å². The van der Waals surface area contributed by atoms with Crippen LogP contribution in [0, 0.1) is 6.92 Å².